The molecule has 3 amide bonds. The van der Waals surface area contributed by atoms with Crippen molar-refractivity contribution < 1.29 is 23.9 Å². The number of imide groups is 1. The number of benzene rings is 3. The van der Waals surface area contributed by atoms with Crippen LogP contribution in [0.2, 0.25) is 5.02 Å². The van der Waals surface area contributed by atoms with Crippen molar-refractivity contribution >= 4 is 46.5 Å². The molecule has 0 atom stereocenters. The van der Waals surface area contributed by atoms with Crippen LogP contribution in [0.25, 0.3) is 6.08 Å². The van der Waals surface area contributed by atoms with Gasteiger partial charge in [0.2, 0.25) is 5.91 Å². The van der Waals surface area contributed by atoms with Gasteiger partial charge in [-0.25, -0.2) is 0 Å². The Morgan fingerprint density at radius 1 is 1.05 bits per heavy atom. The highest BCUT2D eigenvalue weighted by Gasteiger charge is 2.37. The van der Waals surface area contributed by atoms with Crippen molar-refractivity contribution in [1.82, 2.24) is 9.80 Å². The fraction of sp³-hybridized carbons (Fsp3) is 0.242. The van der Waals surface area contributed by atoms with Crippen LogP contribution < -0.4 is 9.47 Å². The first-order valence-electron chi connectivity index (χ1n) is 13.7. The third kappa shape index (κ3) is 6.55. The SMILES string of the molecule is C=CCc1cc(/C=C2\SC(=O)N(CC(=O)N3CCc4ccccc4C3)C2=O)cc(OCC)c1OCc1ccccc1Cl. The molecule has 1 saturated heterocycles. The second-order valence-corrected chi connectivity index (χ2v) is 11.3. The Hall–Kier alpha value is -4.01. The van der Waals surface area contributed by atoms with Crippen LogP contribution in [-0.4, -0.2) is 46.5 Å². The second-order valence-electron chi connectivity index (χ2n) is 9.92. The van der Waals surface area contributed by atoms with Gasteiger partial charge in [0.25, 0.3) is 11.1 Å². The molecule has 9 heteroatoms. The first kappa shape index (κ1) is 29.5. The summed E-state index contributed by atoms with van der Waals surface area (Å²) < 4.78 is 12.1. The highest BCUT2D eigenvalue weighted by Crippen LogP contribution is 2.38. The summed E-state index contributed by atoms with van der Waals surface area (Å²) in [4.78, 5) is 42.2. The van der Waals surface area contributed by atoms with Gasteiger partial charge < -0.3 is 14.4 Å². The van der Waals surface area contributed by atoms with Crippen LogP contribution >= 0.6 is 23.4 Å². The number of carbonyl (C=O) groups excluding carboxylic acids is 3. The maximum Gasteiger partial charge on any atom is 0.294 e. The van der Waals surface area contributed by atoms with Gasteiger partial charge in [-0.1, -0.05) is 60.1 Å². The van der Waals surface area contributed by atoms with Crippen molar-refractivity contribution in [3.63, 3.8) is 0 Å². The fourth-order valence-electron chi connectivity index (χ4n) is 5.00. The van der Waals surface area contributed by atoms with Crippen LogP contribution in [0, 0.1) is 0 Å². The Morgan fingerprint density at radius 2 is 1.81 bits per heavy atom. The van der Waals surface area contributed by atoms with E-state index in [1.54, 1.807) is 23.1 Å². The molecule has 0 unspecified atom stereocenters. The molecule has 5 rings (SSSR count). The molecule has 2 aliphatic rings. The molecular formula is C33H31ClN2O5S. The first-order valence-corrected chi connectivity index (χ1v) is 14.9. The highest BCUT2D eigenvalue weighted by atomic mass is 35.5. The zero-order valence-electron chi connectivity index (χ0n) is 23.3. The van der Waals surface area contributed by atoms with Gasteiger partial charge in [0.15, 0.2) is 11.5 Å². The maximum absolute atomic E-state index is 13.3. The number of hydrogen-bond donors (Lipinski definition) is 0. The average molecular weight is 603 g/mol. The quantitative estimate of drug-likeness (QED) is 0.191. The van der Waals surface area contributed by atoms with E-state index in [0.29, 0.717) is 48.2 Å². The monoisotopic (exact) mass is 602 g/mol. The molecule has 0 aliphatic carbocycles. The number of ether oxygens (including phenoxy) is 2. The number of hydrogen-bond acceptors (Lipinski definition) is 6. The zero-order chi connectivity index (χ0) is 29.6. The smallest absolute Gasteiger partial charge is 0.294 e. The topological polar surface area (TPSA) is 76.2 Å². The number of rotatable bonds is 10. The largest absolute Gasteiger partial charge is 0.490 e. The van der Waals surface area contributed by atoms with E-state index in [1.807, 2.05) is 55.5 Å². The summed E-state index contributed by atoms with van der Waals surface area (Å²) in [7, 11) is 0. The molecule has 2 aliphatic heterocycles. The van der Waals surface area contributed by atoms with E-state index in [9.17, 15) is 14.4 Å². The Bertz CT molecular complexity index is 1570. The van der Waals surface area contributed by atoms with Crippen LogP contribution in [0.15, 0.2) is 78.2 Å². The van der Waals surface area contributed by atoms with Crippen LogP contribution in [-0.2, 0) is 35.6 Å². The number of amides is 3. The summed E-state index contributed by atoms with van der Waals surface area (Å²) in [6.07, 6.45) is 4.65. The average Bonchev–Trinajstić information content (AvgIpc) is 3.24. The van der Waals surface area contributed by atoms with E-state index in [-0.39, 0.29) is 24.0 Å². The standard InChI is InChI=1S/C33H31ClN2O5S/c1-3-9-24-16-22(17-28(40-4-2)31(24)41-21-26-12-7-8-13-27(26)34)18-29-32(38)36(33(39)42-29)20-30(37)35-15-14-23-10-5-6-11-25(23)19-35/h3,5-8,10-13,16-18H,1,4,9,14-15,19-21H2,2H3/b29-18-. The summed E-state index contributed by atoms with van der Waals surface area (Å²) in [6, 6.07) is 19.1. The number of thioether (sulfide) groups is 1. The molecule has 3 aromatic rings. The molecule has 7 nitrogen and oxygen atoms in total. The lowest BCUT2D eigenvalue weighted by Crippen LogP contribution is -2.44. The van der Waals surface area contributed by atoms with E-state index in [0.717, 1.165) is 39.8 Å². The minimum atomic E-state index is -0.488. The van der Waals surface area contributed by atoms with E-state index in [1.165, 1.54) is 5.56 Å². The van der Waals surface area contributed by atoms with Crippen LogP contribution in [0.3, 0.4) is 0 Å². The van der Waals surface area contributed by atoms with Crippen molar-refractivity contribution in [2.24, 2.45) is 0 Å². The normalized spacial score (nSPS) is 15.6. The number of fused-ring (bicyclic) bond motifs is 1. The van der Waals surface area contributed by atoms with E-state index in [2.05, 4.69) is 12.6 Å². The van der Waals surface area contributed by atoms with Crippen LogP contribution in [0.1, 0.15) is 34.7 Å². The van der Waals surface area contributed by atoms with Crippen LogP contribution in [0.4, 0.5) is 4.79 Å². The molecule has 0 spiro atoms. The summed E-state index contributed by atoms with van der Waals surface area (Å²) in [5.41, 5.74) is 4.63. The van der Waals surface area contributed by atoms with E-state index in [4.69, 9.17) is 21.1 Å². The van der Waals surface area contributed by atoms with Gasteiger partial charge in [0, 0.05) is 29.2 Å². The maximum atomic E-state index is 13.3. The summed E-state index contributed by atoms with van der Waals surface area (Å²) >= 11 is 7.15. The summed E-state index contributed by atoms with van der Waals surface area (Å²) in [6.45, 7) is 7.14. The predicted octanol–water partition coefficient (Wildman–Crippen LogP) is 6.67. The van der Waals surface area contributed by atoms with Gasteiger partial charge in [-0.05, 0) is 72.5 Å². The molecule has 2 heterocycles. The molecular weight excluding hydrogens is 572 g/mol. The third-order valence-electron chi connectivity index (χ3n) is 7.10. The summed E-state index contributed by atoms with van der Waals surface area (Å²) in [5, 5.41) is 0.143. The molecule has 0 saturated carbocycles. The molecule has 0 N–H and O–H groups in total. The molecule has 216 valence electrons. The van der Waals surface area contributed by atoms with E-state index >= 15 is 0 Å². The summed E-state index contributed by atoms with van der Waals surface area (Å²) in [5.74, 6) is 0.337. The van der Waals surface area contributed by atoms with Crippen molar-refractivity contribution in [1.29, 1.82) is 0 Å². The van der Waals surface area contributed by atoms with Crippen LogP contribution in [0.5, 0.6) is 11.5 Å². The van der Waals surface area contributed by atoms with Gasteiger partial charge in [0.1, 0.15) is 13.2 Å². The van der Waals surface area contributed by atoms with Gasteiger partial charge in [-0.3, -0.25) is 19.3 Å². The van der Waals surface area contributed by atoms with Crippen molar-refractivity contribution in [3.8, 4) is 11.5 Å². The highest BCUT2D eigenvalue weighted by molar-refractivity contribution is 8.18. The predicted molar refractivity (Wildman–Crippen MR) is 166 cm³/mol. The van der Waals surface area contributed by atoms with Gasteiger partial charge in [-0.15, -0.1) is 6.58 Å². The molecule has 3 aromatic carbocycles. The molecule has 0 aromatic heterocycles. The molecule has 1 fully saturated rings. The molecule has 42 heavy (non-hydrogen) atoms. The first-order chi connectivity index (χ1) is 20.4. The fourth-order valence-corrected chi connectivity index (χ4v) is 6.03. The Labute approximate surface area is 254 Å². The number of carbonyl (C=O) groups is 3. The Morgan fingerprint density at radius 3 is 2.57 bits per heavy atom. The number of nitrogens with zero attached hydrogens (tertiary/aromatic N) is 2. The Balaban J connectivity index is 1.34. The number of halogens is 1. The minimum absolute atomic E-state index is 0.244. The zero-order valence-corrected chi connectivity index (χ0v) is 24.9. The second kappa shape index (κ2) is 13.3. The van der Waals surface area contributed by atoms with Gasteiger partial charge in [0.05, 0.1) is 11.5 Å². The Kier molecular flexibility index (Phi) is 9.35. The van der Waals surface area contributed by atoms with Gasteiger partial charge >= 0.3 is 0 Å². The van der Waals surface area contributed by atoms with Crippen molar-refractivity contribution in [2.75, 3.05) is 19.7 Å². The molecule has 0 bridgehead atoms. The third-order valence-corrected chi connectivity index (χ3v) is 8.37. The molecule has 0 radical (unpaired) electrons. The van der Waals surface area contributed by atoms with Crippen molar-refractivity contribution in [3.05, 3.63) is 111 Å². The lowest BCUT2D eigenvalue weighted by Gasteiger charge is -2.29. The van der Waals surface area contributed by atoms with Gasteiger partial charge in [-0.2, -0.15) is 0 Å². The minimum Gasteiger partial charge on any atom is -0.490 e. The van der Waals surface area contributed by atoms with E-state index < -0.39 is 11.1 Å². The number of allylic oxidation sites excluding steroid dienone is 1. The lowest BCUT2D eigenvalue weighted by atomic mass is 10.00. The van der Waals surface area contributed by atoms with Crippen molar-refractivity contribution in [2.45, 2.75) is 32.9 Å². The lowest BCUT2D eigenvalue weighted by molar-refractivity contribution is -0.136.